The van der Waals surface area contributed by atoms with Gasteiger partial charge in [0.15, 0.2) is 0 Å². The molecule has 0 aromatic heterocycles. The number of hydrogen-bond donors (Lipinski definition) is 1. The summed E-state index contributed by atoms with van der Waals surface area (Å²) in [5.41, 5.74) is -0.470. The van der Waals surface area contributed by atoms with Crippen molar-refractivity contribution in [3.63, 3.8) is 0 Å². The molecule has 1 aromatic rings. The van der Waals surface area contributed by atoms with Gasteiger partial charge >= 0.3 is 6.11 Å². The second-order valence-electron chi connectivity index (χ2n) is 2.23. The molecule has 2 nitrogen and oxygen atoms in total. The minimum absolute atomic E-state index is 0.0984. The van der Waals surface area contributed by atoms with E-state index < -0.39 is 11.7 Å². The summed E-state index contributed by atoms with van der Waals surface area (Å²) in [6, 6.07) is 6.37. The zero-order valence-electron chi connectivity index (χ0n) is 5.96. The van der Waals surface area contributed by atoms with Crippen LogP contribution >= 0.6 is 0 Å². The van der Waals surface area contributed by atoms with Crippen LogP contribution in [0.1, 0.15) is 11.1 Å². The highest BCUT2D eigenvalue weighted by atomic mass is 19.3. The number of nitrogens with zero attached hydrogens (tertiary/aromatic N) is 1. The zero-order valence-corrected chi connectivity index (χ0v) is 5.96. The van der Waals surface area contributed by atoms with Crippen molar-refractivity contribution < 1.29 is 13.9 Å². The smallest absolute Gasteiger partial charge is 0.332 e. The van der Waals surface area contributed by atoms with Gasteiger partial charge in [0.2, 0.25) is 0 Å². The van der Waals surface area contributed by atoms with Crippen molar-refractivity contribution in [3.05, 3.63) is 35.4 Å². The van der Waals surface area contributed by atoms with Crippen molar-refractivity contribution in [3.8, 4) is 6.07 Å². The van der Waals surface area contributed by atoms with Crippen LogP contribution in [0.3, 0.4) is 0 Å². The van der Waals surface area contributed by atoms with Gasteiger partial charge in [-0.1, -0.05) is 12.1 Å². The van der Waals surface area contributed by atoms with Crippen LogP contribution in [-0.4, -0.2) is 5.11 Å². The van der Waals surface area contributed by atoms with E-state index in [1.54, 1.807) is 6.07 Å². The number of nitriles is 1. The van der Waals surface area contributed by atoms with E-state index in [9.17, 15) is 8.78 Å². The van der Waals surface area contributed by atoms with Gasteiger partial charge in [0.05, 0.1) is 17.2 Å². The van der Waals surface area contributed by atoms with E-state index in [4.69, 9.17) is 10.4 Å². The molecule has 0 atom stereocenters. The Labute approximate surface area is 67.7 Å². The van der Waals surface area contributed by atoms with Gasteiger partial charge in [0.25, 0.3) is 0 Å². The first kappa shape index (κ1) is 8.62. The molecule has 0 bridgehead atoms. The molecule has 4 heteroatoms. The molecule has 0 spiro atoms. The minimum atomic E-state index is -3.87. The van der Waals surface area contributed by atoms with E-state index in [1.807, 2.05) is 0 Å². The average molecular weight is 169 g/mol. The molecule has 0 heterocycles. The molecule has 0 aliphatic heterocycles. The summed E-state index contributed by atoms with van der Waals surface area (Å²) >= 11 is 0. The van der Waals surface area contributed by atoms with Crippen molar-refractivity contribution in [1.82, 2.24) is 0 Å². The van der Waals surface area contributed by atoms with Crippen LogP contribution in [0.25, 0.3) is 0 Å². The summed E-state index contributed by atoms with van der Waals surface area (Å²) in [6.45, 7) is 0. The maximum absolute atomic E-state index is 12.2. The maximum Gasteiger partial charge on any atom is 0.380 e. The molecular weight excluding hydrogens is 164 g/mol. The SMILES string of the molecule is N#Cc1cccc(C(O)(F)F)c1. The second kappa shape index (κ2) is 2.88. The van der Waals surface area contributed by atoms with E-state index in [1.165, 1.54) is 12.1 Å². The molecule has 0 aliphatic carbocycles. The highest BCUT2D eigenvalue weighted by Gasteiger charge is 2.27. The molecule has 0 aliphatic rings. The monoisotopic (exact) mass is 169 g/mol. The predicted octanol–water partition coefficient (Wildman–Crippen LogP) is 1.60. The first-order valence-corrected chi connectivity index (χ1v) is 3.15. The van der Waals surface area contributed by atoms with E-state index in [0.717, 1.165) is 12.1 Å². The Bertz CT molecular complexity index is 325. The number of benzene rings is 1. The lowest BCUT2D eigenvalue weighted by Crippen LogP contribution is -2.11. The Morgan fingerprint density at radius 2 is 2.08 bits per heavy atom. The van der Waals surface area contributed by atoms with E-state index >= 15 is 0 Å². The summed E-state index contributed by atoms with van der Waals surface area (Å²) in [7, 11) is 0. The Morgan fingerprint density at radius 3 is 2.58 bits per heavy atom. The highest BCUT2D eigenvalue weighted by molar-refractivity contribution is 5.33. The molecule has 1 N–H and O–H groups in total. The molecule has 0 radical (unpaired) electrons. The van der Waals surface area contributed by atoms with Crippen molar-refractivity contribution >= 4 is 0 Å². The van der Waals surface area contributed by atoms with Crippen LogP contribution in [-0.2, 0) is 6.11 Å². The Balaban J connectivity index is 3.13. The van der Waals surface area contributed by atoms with Crippen molar-refractivity contribution in [2.45, 2.75) is 6.11 Å². The number of hydrogen-bond acceptors (Lipinski definition) is 2. The summed E-state index contributed by atoms with van der Waals surface area (Å²) in [6.07, 6.45) is -3.87. The second-order valence-corrected chi connectivity index (χ2v) is 2.23. The molecule has 0 unspecified atom stereocenters. The van der Waals surface area contributed by atoms with Crippen LogP contribution in [0.4, 0.5) is 8.78 Å². The standard InChI is InChI=1S/C8H5F2NO/c9-8(10,12)7-3-1-2-6(4-7)5-11/h1-4,12H. The first-order chi connectivity index (χ1) is 5.54. The van der Waals surface area contributed by atoms with E-state index in [2.05, 4.69) is 0 Å². The van der Waals surface area contributed by atoms with Gasteiger partial charge < -0.3 is 5.11 Å². The topological polar surface area (TPSA) is 44.0 Å². The number of aliphatic hydroxyl groups is 1. The molecule has 0 saturated carbocycles. The fourth-order valence-corrected chi connectivity index (χ4v) is 0.776. The molecular formula is C8H5F2NO. The first-order valence-electron chi connectivity index (χ1n) is 3.15. The van der Waals surface area contributed by atoms with Gasteiger partial charge in [-0.05, 0) is 12.1 Å². The van der Waals surface area contributed by atoms with Gasteiger partial charge in [0.1, 0.15) is 0 Å². The normalized spacial score (nSPS) is 10.8. The summed E-state index contributed by atoms with van der Waals surface area (Å²) in [5, 5.41) is 16.6. The molecule has 1 aromatic carbocycles. The lowest BCUT2D eigenvalue weighted by atomic mass is 10.1. The molecule has 0 saturated heterocycles. The largest absolute Gasteiger partial charge is 0.380 e. The number of rotatable bonds is 1. The van der Waals surface area contributed by atoms with Crippen molar-refractivity contribution in [1.29, 1.82) is 5.26 Å². The summed E-state index contributed by atoms with van der Waals surface area (Å²) in [5.74, 6) is 0. The average Bonchev–Trinajstić information content (AvgIpc) is 2.03. The summed E-state index contributed by atoms with van der Waals surface area (Å²) in [4.78, 5) is 0. The van der Waals surface area contributed by atoms with Crippen LogP contribution in [0.2, 0.25) is 0 Å². The lowest BCUT2D eigenvalue weighted by molar-refractivity contribution is -0.208. The number of halogens is 2. The van der Waals surface area contributed by atoms with Crippen LogP contribution in [0, 0.1) is 11.3 Å². The van der Waals surface area contributed by atoms with Crippen LogP contribution in [0.5, 0.6) is 0 Å². The highest BCUT2D eigenvalue weighted by Crippen LogP contribution is 2.24. The fraction of sp³-hybridized carbons (Fsp3) is 0.125. The fourth-order valence-electron chi connectivity index (χ4n) is 0.776. The van der Waals surface area contributed by atoms with E-state index in [0.29, 0.717) is 0 Å². The lowest BCUT2D eigenvalue weighted by Gasteiger charge is -2.07. The Kier molecular flexibility index (Phi) is 2.07. The van der Waals surface area contributed by atoms with Gasteiger partial charge in [0, 0.05) is 0 Å². The third-order valence-corrected chi connectivity index (χ3v) is 1.34. The zero-order chi connectivity index (χ0) is 9.19. The third-order valence-electron chi connectivity index (χ3n) is 1.34. The van der Waals surface area contributed by atoms with E-state index in [-0.39, 0.29) is 5.56 Å². The van der Waals surface area contributed by atoms with Crippen molar-refractivity contribution in [2.75, 3.05) is 0 Å². The third kappa shape index (κ3) is 1.77. The van der Waals surface area contributed by atoms with Gasteiger partial charge in [-0.15, -0.1) is 0 Å². The molecule has 1 rings (SSSR count). The molecule has 62 valence electrons. The summed E-state index contributed by atoms with van der Waals surface area (Å²) < 4.78 is 24.4. The number of alkyl halides is 2. The molecule has 12 heavy (non-hydrogen) atoms. The molecule has 0 fully saturated rings. The Hall–Kier alpha value is -1.47. The maximum atomic E-state index is 12.2. The van der Waals surface area contributed by atoms with Gasteiger partial charge in [-0.3, -0.25) is 0 Å². The van der Waals surface area contributed by atoms with Gasteiger partial charge in [-0.2, -0.15) is 14.0 Å². The van der Waals surface area contributed by atoms with Gasteiger partial charge in [-0.25, -0.2) is 0 Å². The van der Waals surface area contributed by atoms with Crippen LogP contribution in [0.15, 0.2) is 24.3 Å². The Morgan fingerprint density at radius 1 is 1.42 bits per heavy atom. The van der Waals surface area contributed by atoms with Crippen LogP contribution < -0.4 is 0 Å². The predicted molar refractivity (Wildman–Crippen MR) is 37.3 cm³/mol. The quantitative estimate of drug-likeness (QED) is 0.693. The minimum Gasteiger partial charge on any atom is -0.332 e. The molecule has 0 amide bonds. The van der Waals surface area contributed by atoms with Crippen molar-refractivity contribution in [2.24, 2.45) is 0 Å².